The Morgan fingerprint density at radius 2 is 2.38 bits per heavy atom. The number of nitrogens with one attached hydrogen (secondary N) is 1. The summed E-state index contributed by atoms with van der Waals surface area (Å²) in [4.78, 5) is 4.64. The van der Waals surface area contributed by atoms with E-state index in [0.29, 0.717) is 5.41 Å². The van der Waals surface area contributed by atoms with Crippen LogP contribution in [-0.2, 0) is 12.0 Å². The highest BCUT2D eigenvalue weighted by atomic mass is 32.1. The predicted molar refractivity (Wildman–Crippen MR) is 56.1 cm³/mol. The van der Waals surface area contributed by atoms with Crippen LogP contribution >= 0.6 is 11.3 Å². The summed E-state index contributed by atoms with van der Waals surface area (Å²) in [5, 5.41) is 6.81. The lowest BCUT2D eigenvalue weighted by Crippen LogP contribution is -2.12. The van der Waals surface area contributed by atoms with Gasteiger partial charge in [0.1, 0.15) is 0 Å². The molecule has 13 heavy (non-hydrogen) atoms. The van der Waals surface area contributed by atoms with Gasteiger partial charge in [0, 0.05) is 17.3 Å². The van der Waals surface area contributed by atoms with Crippen molar-refractivity contribution in [3.63, 3.8) is 0 Å². The smallest absolute Gasteiger partial charge is 0.0988 e. The van der Waals surface area contributed by atoms with Gasteiger partial charge in [0.2, 0.25) is 0 Å². The Labute approximate surface area is 83.4 Å². The minimum absolute atomic E-state index is 0.440. The summed E-state index contributed by atoms with van der Waals surface area (Å²) in [6, 6.07) is 0. The Kier molecular flexibility index (Phi) is 2.39. The van der Waals surface area contributed by atoms with Crippen LogP contribution in [0.25, 0.3) is 0 Å². The van der Waals surface area contributed by atoms with Gasteiger partial charge in [-0.2, -0.15) is 0 Å². The van der Waals surface area contributed by atoms with E-state index >= 15 is 0 Å². The average Bonchev–Trinajstić information content (AvgIpc) is 2.69. The first-order valence-electron chi connectivity index (χ1n) is 4.90. The maximum absolute atomic E-state index is 4.64. The number of rotatable bonds is 4. The van der Waals surface area contributed by atoms with E-state index in [0.717, 1.165) is 13.1 Å². The third kappa shape index (κ3) is 1.92. The molecule has 0 radical (unpaired) electrons. The first-order chi connectivity index (χ1) is 6.24. The highest BCUT2D eigenvalue weighted by Crippen LogP contribution is 2.48. The summed E-state index contributed by atoms with van der Waals surface area (Å²) >= 11 is 1.82. The largest absolute Gasteiger partial charge is 0.311 e. The molecule has 0 atom stereocenters. The maximum Gasteiger partial charge on any atom is 0.0988 e. The van der Waals surface area contributed by atoms with E-state index in [4.69, 9.17) is 0 Å². The van der Waals surface area contributed by atoms with Crippen LogP contribution < -0.4 is 5.32 Å². The van der Waals surface area contributed by atoms with Crippen molar-refractivity contribution in [2.24, 2.45) is 0 Å². The standard InChI is InChI=1S/C10H16N2S/c1-3-11-6-8-7-13-9(12-8)10(2)4-5-10/h7,11H,3-6H2,1-2H3. The molecule has 72 valence electrons. The zero-order valence-corrected chi connectivity index (χ0v) is 9.08. The number of aromatic nitrogens is 1. The lowest BCUT2D eigenvalue weighted by Gasteiger charge is -2.01. The minimum atomic E-state index is 0.440. The summed E-state index contributed by atoms with van der Waals surface area (Å²) in [7, 11) is 0. The van der Waals surface area contributed by atoms with Crippen LogP contribution in [0.4, 0.5) is 0 Å². The number of nitrogens with zero attached hydrogens (tertiary/aromatic N) is 1. The van der Waals surface area contributed by atoms with E-state index in [1.54, 1.807) is 0 Å². The lowest BCUT2D eigenvalue weighted by molar-refractivity contribution is 0.701. The van der Waals surface area contributed by atoms with Crippen LogP contribution in [-0.4, -0.2) is 11.5 Å². The Hall–Kier alpha value is -0.410. The van der Waals surface area contributed by atoms with Crippen molar-refractivity contribution in [1.82, 2.24) is 10.3 Å². The maximum atomic E-state index is 4.64. The molecule has 1 fully saturated rings. The van der Waals surface area contributed by atoms with E-state index in [1.165, 1.54) is 23.5 Å². The number of hydrogen-bond acceptors (Lipinski definition) is 3. The molecule has 2 rings (SSSR count). The molecule has 3 heteroatoms. The van der Waals surface area contributed by atoms with Gasteiger partial charge in [-0.15, -0.1) is 11.3 Å². The Morgan fingerprint density at radius 3 is 3.00 bits per heavy atom. The molecule has 1 saturated carbocycles. The van der Waals surface area contributed by atoms with Gasteiger partial charge in [-0.3, -0.25) is 0 Å². The first kappa shape index (κ1) is 9.16. The topological polar surface area (TPSA) is 24.9 Å². The van der Waals surface area contributed by atoms with Gasteiger partial charge in [-0.05, 0) is 19.4 Å². The molecule has 0 saturated heterocycles. The molecule has 0 aliphatic heterocycles. The Balaban J connectivity index is 2.01. The molecule has 0 aromatic carbocycles. The fourth-order valence-corrected chi connectivity index (χ4v) is 2.36. The van der Waals surface area contributed by atoms with Gasteiger partial charge < -0.3 is 5.32 Å². The molecular weight excluding hydrogens is 180 g/mol. The molecule has 1 N–H and O–H groups in total. The number of hydrogen-bond donors (Lipinski definition) is 1. The van der Waals surface area contributed by atoms with Crippen molar-refractivity contribution in [2.75, 3.05) is 6.54 Å². The quantitative estimate of drug-likeness (QED) is 0.799. The molecule has 1 aliphatic rings. The minimum Gasteiger partial charge on any atom is -0.311 e. The van der Waals surface area contributed by atoms with Gasteiger partial charge in [0.25, 0.3) is 0 Å². The molecule has 0 unspecified atom stereocenters. The van der Waals surface area contributed by atoms with E-state index in [9.17, 15) is 0 Å². The van der Waals surface area contributed by atoms with Crippen molar-refractivity contribution in [3.8, 4) is 0 Å². The van der Waals surface area contributed by atoms with E-state index in [-0.39, 0.29) is 0 Å². The zero-order chi connectivity index (χ0) is 9.31. The fraction of sp³-hybridized carbons (Fsp3) is 0.700. The second kappa shape index (κ2) is 3.39. The van der Waals surface area contributed by atoms with Crippen LogP contribution in [0.5, 0.6) is 0 Å². The molecular formula is C10H16N2S. The summed E-state index contributed by atoms with van der Waals surface area (Å²) < 4.78 is 0. The summed E-state index contributed by atoms with van der Waals surface area (Å²) in [5.41, 5.74) is 1.64. The SMILES string of the molecule is CCNCc1csc(C2(C)CC2)n1. The van der Waals surface area contributed by atoms with E-state index < -0.39 is 0 Å². The third-order valence-electron chi connectivity index (χ3n) is 2.62. The molecule has 1 aliphatic carbocycles. The molecule has 2 nitrogen and oxygen atoms in total. The normalized spacial score (nSPS) is 18.9. The first-order valence-corrected chi connectivity index (χ1v) is 5.78. The second-order valence-electron chi connectivity index (χ2n) is 3.98. The third-order valence-corrected chi connectivity index (χ3v) is 3.82. The summed E-state index contributed by atoms with van der Waals surface area (Å²) in [6.45, 7) is 6.37. The molecule has 0 bridgehead atoms. The van der Waals surface area contributed by atoms with Crippen molar-refractivity contribution in [2.45, 2.75) is 38.6 Å². The molecule has 1 aromatic heterocycles. The highest BCUT2D eigenvalue weighted by molar-refractivity contribution is 7.09. The fourth-order valence-electron chi connectivity index (χ4n) is 1.32. The van der Waals surface area contributed by atoms with Crippen molar-refractivity contribution >= 4 is 11.3 Å². The second-order valence-corrected chi connectivity index (χ2v) is 4.84. The Bertz CT molecular complexity index is 289. The van der Waals surface area contributed by atoms with E-state index in [1.807, 2.05) is 11.3 Å². The summed E-state index contributed by atoms with van der Waals surface area (Å²) in [5.74, 6) is 0. The molecule has 0 amide bonds. The molecule has 1 aromatic rings. The molecule has 1 heterocycles. The van der Waals surface area contributed by atoms with Crippen LogP contribution in [0, 0.1) is 0 Å². The predicted octanol–water partition coefficient (Wildman–Crippen LogP) is 2.30. The monoisotopic (exact) mass is 196 g/mol. The van der Waals surface area contributed by atoms with Gasteiger partial charge >= 0.3 is 0 Å². The van der Waals surface area contributed by atoms with Crippen molar-refractivity contribution in [3.05, 3.63) is 16.1 Å². The van der Waals surface area contributed by atoms with E-state index in [2.05, 4.69) is 29.5 Å². The van der Waals surface area contributed by atoms with Crippen molar-refractivity contribution < 1.29 is 0 Å². The van der Waals surface area contributed by atoms with Gasteiger partial charge in [-0.25, -0.2) is 4.98 Å². The molecule has 0 spiro atoms. The lowest BCUT2D eigenvalue weighted by atomic mass is 10.2. The highest BCUT2D eigenvalue weighted by Gasteiger charge is 2.41. The zero-order valence-electron chi connectivity index (χ0n) is 8.26. The van der Waals surface area contributed by atoms with Crippen LogP contribution in [0.3, 0.4) is 0 Å². The van der Waals surface area contributed by atoms with Gasteiger partial charge in [0.15, 0.2) is 0 Å². The van der Waals surface area contributed by atoms with Crippen LogP contribution in [0.1, 0.15) is 37.4 Å². The average molecular weight is 196 g/mol. The van der Waals surface area contributed by atoms with Crippen LogP contribution in [0.2, 0.25) is 0 Å². The number of thiazole rings is 1. The van der Waals surface area contributed by atoms with Crippen LogP contribution in [0.15, 0.2) is 5.38 Å². The summed E-state index contributed by atoms with van der Waals surface area (Å²) in [6.07, 6.45) is 2.64. The van der Waals surface area contributed by atoms with Crippen molar-refractivity contribution in [1.29, 1.82) is 0 Å². The Morgan fingerprint density at radius 1 is 1.62 bits per heavy atom. The van der Waals surface area contributed by atoms with Gasteiger partial charge in [-0.1, -0.05) is 13.8 Å². The van der Waals surface area contributed by atoms with Gasteiger partial charge in [0.05, 0.1) is 10.7 Å².